The van der Waals surface area contributed by atoms with Gasteiger partial charge in [-0.2, -0.15) is 0 Å². The zero-order valence-electron chi connectivity index (χ0n) is 13.5. The van der Waals surface area contributed by atoms with Crippen LogP contribution in [0.25, 0.3) is 0 Å². The first kappa shape index (κ1) is 17.8. The maximum absolute atomic E-state index is 13.6. The van der Waals surface area contributed by atoms with E-state index in [1.54, 1.807) is 35.2 Å². The van der Waals surface area contributed by atoms with E-state index >= 15 is 0 Å². The Morgan fingerprint density at radius 1 is 1.08 bits per heavy atom. The molecule has 1 N–H and O–H groups in total. The number of rotatable bonds is 3. The number of hydrogen-bond donors (Lipinski definition) is 1. The largest absolute Gasteiger partial charge is 0.367 e. The Kier molecular flexibility index (Phi) is 5.66. The van der Waals surface area contributed by atoms with E-state index in [2.05, 4.69) is 10.2 Å². The molecule has 4 nitrogen and oxygen atoms in total. The summed E-state index contributed by atoms with van der Waals surface area (Å²) in [7, 11) is 0. The summed E-state index contributed by atoms with van der Waals surface area (Å²) < 4.78 is 13.6. The quantitative estimate of drug-likeness (QED) is 0.865. The molecule has 2 aromatic rings. The van der Waals surface area contributed by atoms with Crippen molar-refractivity contribution in [2.75, 3.05) is 31.1 Å². The van der Waals surface area contributed by atoms with E-state index in [1.165, 1.54) is 6.07 Å². The molecule has 0 radical (unpaired) electrons. The number of halogens is 3. The van der Waals surface area contributed by atoms with Gasteiger partial charge in [0.15, 0.2) is 0 Å². The van der Waals surface area contributed by atoms with E-state index < -0.39 is 0 Å². The molecule has 1 saturated heterocycles. The van der Waals surface area contributed by atoms with Crippen LogP contribution in [0.3, 0.4) is 0 Å². The molecule has 0 bridgehead atoms. The highest BCUT2D eigenvalue weighted by atomic mass is 35.5. The molecule has 0 saturated carbocycles. The second-order valence-corrected chi connectivity index (χ2v) is 6.66. The minimum Gasteiger partial charge on any atom is -0.367 e. The van der Waals surface area contributed by atoms with Crippen LogP contribution < -0.4 is 10.2 Å². The van der Waals surface area contributed by atoms with Gasteiger partial charge in [0.05, 0.1) is 10.7 Å². The normalized spacial score (nSPS) is 14.5. The molecule has 1 aliphatic heterocycles. The molecule has 1 heterocycles. The number of piperazine rings is 1. The average molecular weight is 382 g/mol. The van der Waals surface area contributed by atoms with Gasteiger partial charge in [-0.1, -0.05) is 41.4 Å². The van der Waals surface area contributed by atoms with Gasteiger partial charge in [-0.05, 0) is 24.3 Å². The SMILES string of the molecule is O=C(NCc1ccccc1F)N1CCN(c2ccc(Cl)cc2Cl)CC1. The van der Waals surface area contributed by atoms with Crippen molar-refractivity contribution in [2.24, 2.45) is 0 Å². The van der Waals surface area contributed by atoms with Gasteiger partial charge < -0.3 is 15.1 Å². The standard InChI is InChI=1S/C18H18Cl2FN3O/c19-14-5-6-17(15(20)11-14)23-7-9-24(10-8-23)18(25)22-12-13-3-1-2-4-16(13)21/h1-6,11H,7-10,12H2,(H,22,25). The molecular formula is C18H18Cl2FN3O. The summed E-state index contributed by atoms with van der Waals surface area (Å²) in [6.07, 6.45) is 0. The van der Waals surface area contributed by atoms with Crippen LogP contribution in [-0.2, 0) is 6.54 Å². The van der Waals surface area contributed by atoms with Gasteiger partial charge in [-0.25, -0.2) is 9.18 Å². The Hall–Kier alpha value is -1.98. The van der Waals surface area contributed by atoms with E-state index in [9.17, 15) is 9.18 Å². The Morgan fingerprint density at radius 2 is 1.80 bits per heavy atom. The third-order valence-electron chi connectivity index (χ3n) is 4.21. The first-order valence-corrected chi connectivity index (χ1v) is 8.76. The first-order chi connectivity index (χ1) is 12.0. The zero-order chi connectivity index (χ0) is 17.8. The van der Waals surface area contributed by atoms with Gasteiger partial charge in [0, 0.05) is 43.3 Å². The van der Waals surface area contributed by atoms with Gasteiger partial charge in [0.1, 0.15) is 5.82 Å². The minimum atomic E-state index is -0.315. The van der Waals surface area contributed by atoms with Crippen molar-refractivity contribution in [1.29, 1.82) is 0 Å². The van der Waals surface area contributed by atoms with E-state index in [0.29, 0.717) is 41.8 Å². The Balaban J connectivity index is 1.53. The molecule has 7 heteroatoms. The predicted molar refractivity (Wildman–Crippen MR) is 98.9 cm³/mol. The fourth-order valence-electron chi connectivity index (χ4n) is 2.81. The summed E-state index contributed by atoms with van der Waals surface area (Å²) >= 11 is 12.2. The lowest BCUT2D eigenvalue weighted by Gasteiger charge is -2.36. The summed E-state index contributed by atoms with van der Waals surface area (Å²) in [6.45, 7) is 2.67. The summed E-state index contributed by atoms with van der Waals surface area (Å²) in [4.78, 5) is 16.1. The van der Waals surface area contributed by atoms with E-state index in [1.807, 2.05) is 6.07 Å². The fourth-order valence-corrected chi connectivity index (χ4v) is 3.34. The Labute approximate surface area is 156 Å². The molecule has 2 aromatic carbocycles. The van der Waals surface area contributed by atoms with Crippen LogP contribution >= 0.6 is 23.2 Å². The van der Waals surface area contributed by atoms with Gasteiger partial charge in [-0.15, -0.1) is 0 Å². The van der Waals surface area contributed by atoms with E-state index in [4.69, 9.17) is 23.2 Å². The Bertz CT molecular complexity index is 764. The van der Waals surface area contributed by atoms with Crippen LogP contribution in [0, 0.1) is 5.82 Å². The molecule has 0 unspecified atom stereocenters. The molecule has 1 aliphatic rings. The van der Waals surface area contributed by atoms with E-state index in [0.717, 1.165) is 5.69 Å². The second kappa shape index (κ2) is 7.93. The van der Waals surface area contributed by atoms with Crippen molar-refractivity contribution in [3.63, 3.8) is 0 Å². The van der Waals surface area contributed by atoms with Crippen LogP contribution in [0.15, 0.2) is 42.5 Å². The molecule has 0 spiro atoms. The smallest absolute Gasteiger partial charge is 0.317 e. The van der Waals surface area contributed by atoms with Crippen LogP contribution in [0.1, 0.15) is 5.56 Å². The highest BCUT2D eigenvalue weighted by Crippen LogP contribution is 2.29. The molecule has 3 rings (SSSR count). The molecule has 2 amide bonds. The lowest BCUT2D eigenvalue weighted by molar-refractivity contribution is 0.194. The van der Waals surface area contributed by atoms with Gasteiger partial charge in [-0.3, -0.25) is 0 Å². The lowest BCUT2D eigenvalue weighted by atomic mass is 10.2. The molecule has 0 aromatic heterocycles. The van der Waals surface area contributed by atoms with Crippen molar-refractivity contribution in [3.05, 3.63) is 63.9 Å². The number of nitrogens with zero attached hydrogens (tertiary/aromatic N) is 2. The van der Waals surface area contributed by atoms with Crippen molar-refractivity contribution in [2.45, 2.75) is 6.54 Å². The summed E-state index contributed by atoms with van der Waals surface area (Å²) in [5, 5.41) is 3.97. The van der Waals surface area contributed by atoms with Gasteiger partial charge in [0.25, 0.3) is 0 Å². The van der Waals surface area contributed by atoms with Gasteiger partial charge >= 0.3 is 6.03 Å². The highest BCUT2D eigenvalue weighted by molar-refractivity contribution is 6.36. The average Bonchev–Trinajstić information content (AvgIpc) is 2.61. The lowest BCUT2D eigenvalue weighted by Crippen LogP contribution is -2.51. The molecule has 0 atom stereocenters. The minimum absolute atomic E-state index is 0.175. The van der Waals surface area contributed by atoms with Crippen LogP contribution in [0.5, 0.6) is 0 Å². The molecule has 132 valence electrons. The van der Waals surface area contributed by atoms with Crippen LogP contribution in [0.4, 0.5) is 14.9 Å². The number of benzene rings is 2. The van der Waals surface area contributed by atoms with Crippen LogP contribution in [-0.4, -0.2) is 37.1 Å². The maximum Gasteiger partial charge on any atom is 0.317 e. The number of carbonyl (C=O) groups excluding carboxylic acids is 1. The number of carbonyl (C=O) groups is 1. The van der Waals surface area contributed by atoms with Gasteiger partial charge in [0.2, 0.25) is 0 Å². The first-order valence-electron chi connectivity index (χ1n) is 8.01. The fraction of sp³-hybridized carbons (Fsp3) is 0.278. The number of urea groups is 1. The predicted octanol–water partition coefficient (Wildman–Crippen LogP) is 4.16. The molecular weight excluding hydrogens is 364 g/mol. The van der Waals surface area contributed by atoms with Crippen molar-refractivity contribution >= 4 is 34.9 Å². The molecule has 0 aliphatic carbocycles. The monoisotopic (exact) mass is 381 g/mol. The third kappa shape index (κ3) is 4.35. The summed E-state index contributed by atoms with van der Waals surface area (Å²) in [5.74, 6) is -0.315. The second-order valence-electron chi connectivity index (χ2n) is 5.82. The van der Waals surface area contributed by atoms with Crippen LogP contribution in [0.2, 0.25) is 10.0 Å². The highest BCUT2D eigenvalue weighted by Gasteiger charge is 2.22. The maximum atomic E-state index is 13.6. The number of amides is 2. The van der Waals surface area contributed by atoms with Crippen molar-refractivity contribution in [1.82, 2.24) is 10.2 Å². The Morgan fingerprint density at radius 3 is 2.48 bits per heavy atom. The van der Waals surface area contributed by atoms with Crippen molar-refractivity contribution < 1.29 is 9.18 Å². The molecule has 1 fully saturated rings. The topological polar surface area (TPSA) is 35.6 Å². The summed E-state index contributed by atoms with van der Waals surface area (Å²) in [6, 6.07) is 11.6. The number of nitrogens with one attached hydrogen (secondary N) is 1. The summed E-state index contributed by atoms with van der Waals surface area (Å²) in [5.41, 5.74) is 1.39. The van der Waals surface area contributed by atoms with E-state index in [-0.39, 0.29) is 18.4 Å². The zero-order valence-corrected chi connectivity index (χ0v) is 15.0. The van der Waals surface area contributed by atoms with Crippen molar-refractivity contribution in [3.8, 4) is 0 Å². The number of anilines is 1. The third-order valence-corrected chi connectivity index (χ3v) is 4.74. The molecule has 25 heavy (non-hydrogen) atoms. The number of hydrogen-bond acceptors (Lipinski definition) is 2.